The van der Waals surface area contributed by atoms with Crippen LogP contribution in [0.4, 0.5) is 4.39 Å². The largest absolute Gasteiger partial charge is 0.394 e. The molecule has 0 aliphatic carbocycles. The van der Waals surface area contributed by atoms with Crippen LogP contribution in [0.2, 0.25) is 0 Å². The number of nitrogens with zero attached hydrogens (tertiary/aromatic N) is 1. The number of morpholine rings is 1. The zero-order chi connectivity index (χ0) is 19.2. The second kappa shape index (κ2) is 9.07. The van der Waals surface area contributed by atoms with E-state index in [1.807, 2.05) is 0 Å². The van der Waals surface area contributed by atoms with Gasteiger partial charge in [0.1, 0.15) is 11.9 Å². The van der Waals surface area contributed by atoms with Gasteiger partial charge in [0.2, 0.25) is 5.91 Å². The molecule has 146 valence electrons. The molecular weight excluding hydrogens is 355 g/mol. The fourth-order valence-corrected chi connectivity index (χ4v) is 3.11. The van der Waals surface area contributed by atoms with Crippen LogP contribution in [0.15, 0.2) is 36.4 Å². The molecule has 2 heterocycles. The number of aliphatic hydroxyl groups excluding tert-OH is 1. The van der Waals surface area contributed by atoms with E-state index in [2.05, 4.69) is 5.32 Å². The molecule has 0 bridgehead atoms. The molecule has 27 heavy (non-hydrogen) atoms. The van der Waals surface area contributed by atoms with Gasteiger partial charge in [0.25, 0.3) is 5.91 Å². The maximum atomic E-state index is 13.3. The van der Waals surface area contributed by atoms with Gasteiger partial charge in [-0.05, 0) is 18.2 Å². The summed E-state index contributed by atoms with van der Waals surface area (Å²) in [4.78, 5) is 26.3. The smallest absolute Gasteiger partial charge is 0.251 e. The van der Waals surface area contributed by atoms with E-state index < -0.39 is 30.0 Å². The maximum Gasteiger partial charge on any atom is 0.251 e. The van der Waals surface area contributed by atoms with E-state index in [0.717, 1.165) is 6.07 Å². The monoisotopic (exact) mass is 378 g/mol. The highest BCUT2D eigenvalue weighted by molar-refractivity contribution is 5.94. The van der Waals surface area contributed by atoms with Gasteiger partial charge < -0.3 is 24.8 Å². The summed E-state index contributed by atoms with van der Waals surface area (Å²) in [5, 5.41) is 12.3. The first-order valence-corrected chi connectivity index (χ1v) is 8.93. The molecule has 2 N–H and O–H groups in total. The van der Waals surface area contributed by atoms with Crippen LogP contribution in [0.3, 0.4) is 0 Å². The number of nitrogens with one attached hydrogen (secondary N) is 1. The van der Waals surface area contributed by atoms with Crippen LogP contribution in [-0.2, 0) is 14.3 Å². The molecule has 8 heteroatoms. The van der Waals surface area contributed by atoms with Gasteiger partial charge in [-0.2, -0.15) is 0 Å². The lowest BCUT2D eigenvalue weighted by molar-refractivity contribution is -0.139. The Morgan fingerprint density at radius 2 is 2.04 bits per heavy atom. The Bertz CT molecular complexity index is 705. The number of carbonyl (C=O) groups excluding carboxylic acids is 2. The molecule has 1 aromatic rings. The normalized spacial score (nSPS) is 25.3. The second-order valence-corrected chi connectivity index (χ2v) is 6.49. The van der Waals surface area contributed by atoms with Crippen molar-refractivity contribution >= 4 is 11.8 Å². The van der Waals surface area contributed by atoms with Crippen molar-refractivity contribution in [2.45, 2.75) is 24.7 Å². The molecule has 0 saturated carbocycles. The number of rotatable bonds is 5. The van der Waals surface area contributed by atoms with Gasteiger partial charge in [0.15, 0.2) is 0 Å². The number of hydrogen-bond acceptors (Lipinski definition) is 5. The van der Waals surface area contributed by atoms with E-state index >= 15 is 0 Å². The predicted octanol–water partition coefficient (Wildman–Crippen LogP) is 0.489. The lowest BCUT2D eigenvalue weighted by atomic mass is 10.0. The first-order chi connectivity index (χ1) is 13.1. The Morgan fingerprint density at radius 1 is 1.26 bits per heavy atom. The predicted molar refractivity (Wildman–Crippen MR) is 94.6 cm³/mol. The summed E-state index contributed by atoms with van der Waals surface area (Å²) < 4.78 is 24.3. The van der Waals surface area contributed by atoms with Crippen LogP contribution in [0, 0.1) is 5.82 Å². The van der Waals surface area contributed by atoms with Crippen molar-refractivity contribution in [1.29, 1.82) is 0 Å². The van der Waals surface area contributed by atoms with Gasteiger partial charge in [0.05, 0.1) is 38.4 Å². The Labute approximate surface area is 156 Å². The van der Waals surface area contributed by atoms with Crippen LogP contribution >= 0.6 is 0 Å². The maximum absolute atomic E-state index is 13.3. The highest BCUT2D eigenvalue weighted by atomic mass is 19.1. The van der Waals surface area contributed by atoms with Crippen molar-refractivity contribution in [2.75, 3.05) is 32.9 Å². The minimum Gasteiger partial charge on any atom is -0.394 e. The summed E-state index contributed by atoms with van der Waals surface area (Å²) in [5.74, 6) is -1.00. The lowest BCUT2D eigenvalue weighted by Crippen LogP contribution is -2.49. The summed E-state index contributed by atoms with van der Waals surface area (Å²) in [5.41, 5.74) is 0.185. The molecule has 0 spiro atoms. The first kappa shape index (κ1) is 19.5. The number of carbonyl (C=O) groups is 2. The number of amides is 2. The van der Waals surface area contributed by atoms with Crippen LogP contribution in [-0.4, -0.2) is 73.0 Å². The quantitative estimate of drug-likeness (QED) is 0.728. The molecule has 2 aliphatic rings. The number of hydrogen-bond donors (Lipinski definition) is 2. The standard InChI is InChI=1S/C19H23FN2O5/c20-14-3-1-2-13(10-14)19(25)21-16-5-4-15(27-17(16)12-23)11-18(24)22-6-8-26-9-7-22/h1-5,10,15-17,23H,6-9,11-12H2,(H,21,25)/t15-,16+,17-/m0/s1. The minimum absolute atomic E-state index is 0.0353. The van der Waals surface area contributed by atoms with Crippen molar-refractivity contribution in [3.8, 4) is 0 Å². The lowest BCUT2D eigenvalue weighted by Gasteiger charge is -2.33. The fraction of sp³-hybridized carbons (Fsp3) is 0.474. The Hall–Kier alpha value is -2.29. The molecule has 1 aromatic carbocycles. The Balaban J connectivity index is 1.59. The summed E-state index contributed by atoms with van der Waals surface area (Å²) in [6.45, 7) is 1.86. The molecule has 3 rings (SSSR count). The van der Waals surface area contributed by atoms with Crippen LogP contribution in [0.25, 0.3) is 0 Å². The molecule has 2 aliphatic heterocycles. The van der Waals surface area contributed by atoms with E-state index in [1.54, 1.807) is 17.1 Å². The zero-order valence-electron chi connectivity index (χ0n) is 14.8. The number of halogens is 1. The van der Waals surface area contributed by atoms with E-state index in [0.29, 0.717) is 26.3 Å². The number of benzene rings is 1. The van der Waals surface area contributed by atoms with E-state index in [9.17, 15) is 19.1 Å². The second-order valence-electron chi connectivity index (χ2n) is 6.49. The van der Waals surface area contributed by atoms with Crippen LogP contribution < -0.4 is 5.32 Å². The molecule has 7 nitrogen and oxygen atoms in total. The molecule has 0 aromatic heterocycles. The molecule has 0 unspecified atom stereocenters. The van der Waals surface area contributed by atoms with Gasteiger partial charge >= 0.3 is 0 Å². The summed E-state index contributed by atoms with van der Waals surface area (Å²) in [7, 11) is 0. The first-order valence-electron chi connectivity index (χ1n) is 8.93. The Kier molecular flexibility index (Phi) is 6.54. The van der Waals surface area contributed by atoms with Crippen molar-refractivity contribution in [1.82, 2.24) is 10.2 Å². The third kappa shape index (κ3) is 5.12. The summed E-state index contributed by atoms with van der Waals surface area (Å²) in [6, 6.07) is 4.78. The van der Waals surface area contributed by atoms with Gasteiger partial charge in [-0.25, -0.2) is 4.39 Å². The minimum atomic E-state index is -0.685. The molecule has 0 radical (unpaired) electrons. The molecular formula is C19H23FN2O5. The average molecular weight is 378 g/mol. The van der Waals surface area contributed by atoms with E-state index in [1.165, 1.54) is 18.2 Å². The van der Waals surface area contributed by atoms with Gasteiger partial charge in [-0.3, -0.25) is 9.59 Å². The zero-order valence-corrected chi connectivity index (χ0v) is 14.8. The van der Waals surface area contributed by atoms with Crippen molar-refractivity contribution in [3.63, 3.8) is 0 Å². The molecule has 1 fully saturated rings. The highest BCUT2D eigenvalue weighted by Gasteiger charge is 2.30. The Morgan fingerprint density at radius 3 is 2.74 bits per heavy atom. The highest BCUT2D eigenvalue weighted by Crippen LogP contribution is 2.17. The SMILES string of the molecule is O=C(N[C@@H]1C=C[C@@H](CC(=O)N2CCOCC2)O[C@H]1CO)c1cccc(F)c1. The van der Waals surface area contributed by atoms with Crippen molar-refractivity contribution < 1.29 is 28.6 Å². The summed E-state index contributed by atoms with van der Waals surface area (Å²) >= 11 is 0. The fourth-order valence-electron chi connectivity index (χ4n) is 3.11. The summed E-state index contributed by atoms with van der Waals surface area (Å²) in [6.07, 6.45) is 2.42. The van der Waals surface area contributed by atoms with E-state index in [4.69, 9.17) is 9.47 Å². The van der Waals surface area contributed by atoms with Crippen molar-refractivity contribution in [3.05, 3.63) is 47.8 Å². The van der Waals surface area contributed by atoms with Gasteiger partial charge in [-0.15, -0.1) is 0 Å². The van der Waals surface area contributed by atoms with Crippen molar-refractivity contribution in [2.24, 2.45) is 0 Å². The van der Waals surface area contributed by atoms with Gasteiger partial charge in [-0.1, -0.05) is 18.2 Å². The number of ether oxygens (including phenoxy) is 2. The molecule has 2 amide bonds. The average Bonchev–Trinajstić information content (AvgIpc) is 2.69. The molecule has 3 atom stereocenters. The number of aliphatic hydroxyl groups is 1. The topological polar surface area (TPSA) is 88.1 Å². The molecule has 1 saturated heterocycles. The van der Waals surface area contributed by atoms with Crippen LogP contribution in [0.5, 0.6) is 0 Å². The third-order valence-electron chi connectivity index (χ3n) is 4.59. The van der Waals surface area contributed by atoms with Crippen LogP contribution in [0.1, 0.15) is 16.8 Å². The van der Waals surface area contributed by atoms with Gasteiger partial charge in [0, 0.05) is 18.7 Å². The third-order valence-corrected chi connectivity index (χ3v) is 4.59. The van der Waals surface area contributed by atoms with E-state index in [-0.39, 0.29) is 24.5 Å².